The number of carbonyl (C=O) groups is 2. The van der Waals surface area contributed by atoms with Crippen molar-refractivity contribution in [1.29, 1.82) is 0 Å². The number of nitrogens with zero attached hydrogens (tertiary/aromatic N) is 2. The number of anilines is 1. The molecule has 0 spiro atoms. The summed E-state index contributed by atoms with van der Waals surface area (Å²) in [5, 5.41) is 5.17. The third-order valence-corrected chi connectivity index (χ3v) is 4.96. The number of aryl methyl sites for hydroxylation is 2. The van der Waals surface area contributed by atoms with E-state index >= 15 is 0 Å². The first kappa shape index (κ1) is 20.0. The van der Waals surface area contributed by atoms with E-state index in [1.165, 1.54) is 5.56 Å². The molecule has 0 aliphatic carbocycles. The maximum atomic E-state index is 12.2. The van der Waals surface area contributed by atoms with Crippen molar-refractivity contribution in [3.05, 3.63) is 65.2 Å². The van der Waals surface area contributed by atoms with Gasteiger partial charge in [-0.1, -0.05) is 48.0 Å². The second-order valence-electron chi connectivity index (χ2n) is 7.36. The molecule has 0 atom stereocenters. The van der Waals surface area contributed by atoms with Crippen molar-refractivity contribution in [2.24, 2.45) is 0 Å². The second-order valence-corrected chi connectivity index (χ2v) is 7.36. The highest BCUT2D eigenvalue weighted by Crippen LogP contribution is 2.15. The van der Waals surface area contributed by atoms with Gasteiger partial charge in [-0.25, -0.2) is 4.79 Å². The number of imide groups is 1. The van der Waals surface area contributed by atoms with Gasteiger partial charge >= 0.3 is 6.03 Å². The van der Waals surface area contributed by atoms with Crippen molar-refractivity contribution < 1.29 is 9.59 Å². The van der Waals surface area contributed by atoms with Gasteiger partial charge in [0.05, 0.1) is 6.54 Å². The fraction of sp³-hybridized carbons (Fsp3) is 0.364. The van der Waals surface area contributed by atoms with Crippen LogP contribution in [-0.4, -0.2) is 54.5 Å². The van der Waals surface area contributed by atoms with Crippen molar-refractivity contribution in [3.63, 3.8) is 0 Å². The van der Waals surface area contributed by atoms with E-state index in [0.29, 0.717) is 5.69 Å². The van der Waals surface area contributed by atoms with Crippen LogP contribution in [0.1, 0.15) is 16.7 Å². The zero-order valence-corrected chi connectivity index (χ0v) is 16.6. The number of carbonyl (C=O) groups excluding carboxylic acids is 2. The van der Waals surface area contributed by atoms with Crippen molar-refractivity contribution in [2.75, 3.05) is 38.0 Å². The van der Waals surface area contributed by atoms with E-state index in [0.717, 1.165) is 43.9 Å². The van der Waals surface area contributed by atoms with E-state index < -0.39 is 6.03 Å². The van der Waals surface area contributed by atoms with Crippen LogP contribution in [-0.2, 0) is 11.3 Å². The normalized spacial score (nSPS) is 15.2. The van der Waals surface area contributed by atoms with Crippen LogP contribution >= 0.6 is 0 Å². The van der Waals surface area contributed by atoms with Crippen LogP contribution in [0, 0.1) is 13.8 Å². The Morgan fingerprint density at radius 2 is 1.61 bits per heavy atom. The average Bonchev–Trinajstić information content (AvgIpc) is 2.66. The number of rotatable bonds is 5. The molecule has 1 fully saturated rings. The molecule has 2 N–H and O–H groups in total. The van der Waals surface area contributed by atoms with Crippen LogP contribution in [0.25, 0.3) is 0 Å². The summed E-state index contributed by atoms with van der Waals surface area (Å²) in [6, 6.07) is 15.7. The van der Waals surface area contributed by atoms with Gasteiger partial charge < -0.3 is 5.32 Å². The summed E-state index contributed by atoms with van der Waals surface area (Å²) < 4.78 is 0. The highest BCUT2D eigenvalue weighted by Gasteiger charge is 2.20. The molecule has 0 bridgehead atoms. The lowest BCUT2D eigenvalue weighted by Gasteiger charge is -2.34. The predicted molar refractivity (Wildman–Crippen MR) is 111 cm³/mol. The zero-order valence-electron chi connectivity index (χ0n) is 16.6. The molecule has 0 aromatic heterocycles. The fourth-order valence-corrected chi connectivity index (χ4v) is 3.42. The maximum absolute atomic E-state index is 12.2. The molecule has 6 heteroatoms. The molecule has 0 radical (unpaired) electrons. The Balaban J connectivity index is 1.40. The fourth-order valence-electron chi connectivity index (χ4n) is 3.42. The molecule has 3 rings (SSSR count). The highest BCUT2D eigenvalue weighted by molar-refractivity contribution is 6.02. The zero-order chi connectivity index (χ0) is 19.9. The smallest absolute Gasteiger partial charge is 0.307 e. The summed E-state index contributed by atoms with van der Waals surface area (Å²) in [6.45, 7) is 8.56. The minimum Gasteiger partial charge on any atom is -0.307 e. The van der Waals surface area contributed by atoms with E-state index in [2.05, 4.69) is 44.7 Å². The van der Waals surface area contributed by atoms with Crippen LogP contribution in [0.5, 0.6) is 0 Å². The Hall–Kier alpha value is -2.70. The van der Waals surface area contributed by atoms with Gasteiger partial charge in [0.25, 0.3) is 0 Å². The van der Waals surface area contributed by atoms with Gasteiger partial charge in [-0.2, -0.15) is 0 Å². The van der Waals surface area contributed by atoms with Crippen LogP contribution in [0.4, 0.5) is 10.5 Å². The number of hydrogen-bond acceptors (Lipinski definition) is 4. The molecule has 2 aromatic carbocycles. The molecule has 6 nitrogen and oxygen atoms in total. The molecule has 1 aliphatic rings. The van der Waals surface area contributed by atoms with Gasteiger partial charge in [0, 0.05) is 38.4 Å². The highest BCUT2D eigenvalue weighted by atomic mass is 16.2. The molecular formula is C22H28N4O2. The molecule has 28 heavy (non-hydrogen) atoms. The van der Waals surface area contributed by atoms with Crippen LogP contribution in [0.3, 0.4) is 0 Å². The molecule has 3 amide bonds. The number of urea groups is 1. The molecular weight excluding hydrogens is 352 g/mol. The molecule has 1 heterocycles. The lowest BCUT2D eigenvalue weighted by Crippen LogP contribution is -2.50. The van der Waals surface area contributed by atoms with Crippen LogP contribution < -0.4 is 10.6 Å². The van der Waals surface area contributed by atoms with Gasteiger partial charge in [-0.3, -0.25) is 19.9 Å². The Labute approximate surface area is 166 Å². The summed E-state index contributed by atoms with van der Waals surface area (Å²) in [5.74, 6) is -0.279. The van der Waals surface area contributed by atoms with E-state index in [9.17, 15) is 9.59 Å². The quantitative estimate of drug-likeness (QED) is 0.837. The Morgan fingerprint density at radius 1 is 0.929 bits per heavy atom. The Bertz CT molecular complexity index is 815. The minimum absolute atomic E-state index is 0.236. The molecule has 2 aromatic rings. The van der Waals surface area contributed by atoms with Crippen molar-refractivity contribution in [1.82, 2.24) is 15.1 Å². The second kappa shape index (κ2) is 9.48. The van der Waals surface area contributed by atoms with Crippen molar-refractivity contribution in [3.8, 4) is 0 Å². The van der Waals surface area contributed by atoms with E-state index in [4.69, 9.17) is 0 Å². The maximum Gasteiger partial charge on any atom is 0.325 e. The Morgan fingerprint density at radius 3 is 2.29 bits per heavy atom. The first-order chi connectivity index (χ1) is 13.5. The summed E-state index contributed by atoms with van der Waals surface area (Å²) >= 11 is 0. The molecule has 148 valence electrons. The van der Waals surface area contributed by atoms with E-state index in [1.807, 2.05) is 38.1 Å². The van der Waals surface area contributed by atoms with Gasteiger partial charge in [0.2, 0.25) is 5.91 Å². The van der Waals surface area contributed by atoms with Gasteiger partial charge in [-0.05, 0) is 31.0 Å². The molecule has 0 unspecified atom stereocenters. The number of benzene rings is 2. The number of piperazine rings is 1. The summed E-state index contributed by atoms with van der Waals surface area (Å²) in [4.78, 5) is 28.8. The molecule has 1 aliphatic heterocycles. The summed E-state index contributed by atoms with van der Waals surface area (Å²) in [6.07, 6.45) is 0. The van der Waals surface area contributed by atoms with Gasteiger partial charge in [-0.15, -0.1) is 0 Å². The first-order valence-corrected chi connectivity index (χ1v) is 9.66. The van der Waals surface area contributed by atoms with E-state index in [1.54, 1.807) is 0 Å². The van der Waals surface area contributed by atoms with Crippen molar-refractivity contribution in [2.45, 2.75) is 20.4 Å². The monoisotopic (exact) mass is 380 g/mol. The lowest BCUT2D eigenvalue weighted by molar-refractivity contribution is -0.121. The van der Waals surface area contributed by atoms with Crippen LogP contribution in [0.2, 0.25) is 0 Å². The number of hydrogen-bond donors (Lipinski definition) is 2. The predicted octanol–water partition coefficient (Wildman–Crippen LogP) is 2.77. The average molecular weight is 380 g/mol. The lowest BCUT2D eigenvalue weighted by atomic mass is 10.1. The van der Waals surface area contributed by atoms with Crippen molar-refractivity contribution >= 4 is 17.6 Å². The number of amides is 3. The topological polar surface area (TPSA) is 64.7 Å². The van der Waals surface area contributed by atoms with Crippen LogP contribution in [0.15, 0.2) is 48.5 Å². The number of nitrogens with one attached hydrogen (secondary N) is 2. The SMILES string of the molecule is Cc1ccc(NC(=O)NC(=O)CN2CCN(Cc3ccccc3)CC2)c(C)c1. The van der Waals surface area contributed by atoms with Gasteiger partial charge in [0.15, 0.2) is 0 Å². The molecule has 0 saturated carbocycles. The van der Waals surface area contributed by atoms with Gasteiger partial charge in [0.1, 0.15) is 0 Å². The minimum atomic E-state index is -0.486. The molecule has 1 saturated heterocycles. The third kappa shape index (κ3) is 5.90. The van der Waals surface area contributed by atoms with E-state index in [-0.39, 0.29) is 12.5 Å². The summed E-state index contributed by atoms with van der Waals surface area (Å²) in [5.41, 5.74) is 4.12. The standard InChI is InChI=1S/C22H28N4O2/c1-17-8-9-20(18(2)14-17)23-22(28)24-21(27)16-26-12-10-25(11-13-26)15-19-6-4-3-5-7-19/h3-9,14H,10-13,15-16H2,1-2H3,(H2,23,24,27,28). The largest absolute Gasteiger partial charge is 0.325 e. The Kier molecular flexibility index (Phi) is 6.79. The third-order valence-electron chi connectivity index (χ3n) is 4.96. The first-order valence-electron chi connectivity index (χ1n) is 9.66. The summed E-state index contributed by atoms with van der Waals surface area (Å²) in [7, 11) is 0.